The van der Waals surface area contributed by atoms with Crippen LogP contribution in [0.25, 0.3) is 0 Å². The molecule has 6 nitrogen and oxygen atoms in total. The number of halogens is 4. The largest absolute Gasteiger partial charge is 0.433 e. The van der Waals surface area contributed by atoms with Crippen molar-refractivity contribution in [3.05, 3.63) is 58.7 Å². The van der Waals surface area contributed by atoms with E-state index in [2.05, 4.69) is 14.6 Å². The Hall–Kier alpha value is -1.88. The van der Waals surface area contributed by atoms with Crippen LogP contribution in [-0.2, 0) is 22.0 Å². The number of hydrogen-bond acceptors (Lipinski definition) is 5. The van der Waals surface area contributed by atoms with Crippen LogP contribution >= 0.6 is 11.6 Å². The Morgan fingerprint density at radius 3 is 2.55 bits per heavy atom. The van der Waals surface area contributed by atoms with Crippen LogP contribution in [0.3, 0.4) is 0 Å². The van der Waals surface area contributed by atoms with Crippen molar-refractivity contribution in [3.63, 3.8) is 0 Å². The van der Waals surface area contributed by atoms with Crippen molar-refractivity contribution in [2.45, 2.75) is 30.4 Å². The first kappa shape index (κ1) is 22.3. The van der Waals surface area contributed by atoms with E-state index in [-0.39, 0.29) is 23.7 Å². The molecule has 3 heterocycles. The maximum absolute atomic E-state index is 13.0. The number of anilines is 1. The topological polar surface area (TPSA) is 65.5 Å². The van der Waals surface area contributed by atoms with Gasteiger partial charge in [0.2, 0.25) is 10.0 Å². The Morgan fingerprint density at radius 2 is 1.84 bits per heavy atom. The molecule has 0 unspecified atom stereocenters. The van der Waals surface area contributed by atoms with Gasteiger partial charge in [0.25, 0.3) is 0 Å². The first-order chi connectivity index (χ1) is 14.6. The van der Waals surface area contributed by atoms with Crippen LogP contribution in [0, 0.1) is 0 Å². The second-order valence-corrected chi connectivity index (χ2v) is 10.0. The summed E-state index contributed by atoms with van der Waals surface area (Å²) in [5.41, 5.74) is -0.302. The number of hydrogen-bond donors (Lipinski definition) is 1. The van der Waals surface area contributed by atoms with E-state index in [4.69, 9.17) is 11.6 Å². The molecule has 1 aromatic heterocycles. The van der Waals surface area contributed by atoms with Crippen LogP contribution in [0.2, 0.25) is 5.02 Å². The highest BCUT2D eigenvalue weighted by Gasteiger charge is 2.40. The maximum Gasteiger partial charge on any atom is 0.433 e. The zero-order valence-corrected chi connectivity index (χ0v) is 18.1. The standard InChI is InChI=1S/C20H22ClF3N4O2S/c21-15-6-4-14(5-7-15)13-31(29,30)26-16-8-9-27-10-11-28(12-17(16)27)19-3-1-2-18(25-19)20(22,23)24/h1-7,16-17,26H,8-13H2/t16-,17-/m1/s1. The molecule has 0 bridgehead atoms. The van der Waals surface area contributed by atoms with Crippen molar-refractivity contribution in [2.24, 2.45) is 0 Å². The number of piperazine rings is 1. The molecule has 2 aliphatic rings. The molecule has 0 amide bonds. The fourth-order valence-electron chi connectivity index (χ4n) is 4.18. The summed E-state index contributed by atoms with van der Waals surface area (Å²) < 4.78 is 67.3. The lowest BCUT2D eigenvalue weighted by Gasteiger charge is -2.40. The average molecular weight is 475 g/mol. The molecule has 2 atom stereocenters. The Balaban J connectivity index is 1.45. The van der Waals surface area contributed by atoms with E-state index in [1.54, 1.807) is 35.2 Å². The molecule has 2 aliphatic heterocycles. The molecule has 0 aliphatic carbocycles. The zero-order valence-electron chi connectivity index (χ0n) is 16.5. The number of aromatic nitrogens is 1. The highest BCUT2D eigenvalue weighted by Crippen LogP contribution is 2.30. The van der Waals surface area contributed by atoms with Gasteiger partial charge in [0.1, 0.15) is 11.5 Å². The molecule has 31 heavy (non-hydrogen) atoms. The number of alkyl halides is 3. The Labute approximate surface area is 184 Å². The van der Waals surface area contributed by atoms with Gasteiger partial charge >= 0.3 is 6.18 Å². The summed E-state index contributed by atoms with van der Waals surface area (Å²) in [6.45, 7) is 2.32. The fourth-order valence-corrected chi connectivity index (χ4v) is 5.76. The van der Waals surface area contributed by atoms with Gasteiger partial charge in [-0.1, -0.05) is 29.8 Å². The molecule has 0 radical (unpaired) electrons. The van der Waals surface area contributed by atoms with Crippen molar-refractivity contribution in [3.8, 4) is 0 Å². The van der Waals surface area contributed by atoms with Gasteiger partial charge in [-0.2, -0.15) is 13.2 Å². The predicted molar refractivity (Wildman–Crippen MR) is 112 cm³/mol. The van der Waals surface area contributed by atoms with Crippen LogP contribution in [0.5, 0.6) is 0 Å². The summed E-state index contributed by atoms with van der Waals surface area (Å²) in [6, 6.07) is 10.0. The van der Waals surface area contributed by atoms with Crippen LogP contribution in [-0.4, -0.2) is 56.6 Å². The summed E-state index contributed by atoms with van der Waals surface area (Å²) in [6.07, 6.45) is -3.86. The second kappa shape index (κ2) is 8.57. The quantitative estimate of drug-likeness (QED) is 0.721. The SMILES string of the molecule is O=S(=O)(Cc1ccc(Cl)cc1)N[C@@H]1CCN2CCN(c3cccc(C(F)(F)F)n3)C[C@H]12. The number of benzene rings is 1. The average Bonchev–Trinajstić information content (AvgIpc) is 3.10. The summed E-state index contributed by atoms with van der Waals surface area (Å²) >= 11 is 5.85. The molecule has 0 saturated carbocycles. The lowest BCUT2D eigenvalue weighted by molar-refractivity contribution is -0.141. The summed E-state index contributed by atoms with van der Waals surface area (Å²) in [7, 11) is -3.59. The van der Waals surface area contributed by atoms with Crippen molar-refractivity contribution < 1.29 is 21.6 Å². The van der Waals surface area contributed by atoms with Crippen LogP contribution in [0.4, 0.5) is 19.0 Å². The van der Waals surface area contributed by atoms with Gasteiger partial charge in [-0.05, 0) is 36.2 Å². The van der Waals surface area contributed by atoms with Crippen molar-refractivity contribution >= 4 is 27.4 Å². The van der Waals surface area contributed by atoms with E-state index in [1.165, 1.54) is 6.07 Å². The van der Waals surface area contributed by atoms with E-state index in [1.807, 2.05) is 0 Å². The number of pyridine rings is 1. The molecule has 2 aromatic rings. The Kier molecular flexibility index (Phi) is 6.17. The molecule has 11 heteroatoms. The van der Waals surface area contributed by atoms with Gasteiger partial charge in [-0.3, -0.25) is 4.90 Å². The van der Waals surface area contributed by atoms with E-state index in [0.29, 0.717) is 36.6 Å². The van der Waals surface area contributed by atoms with Crippen LogP contribution < -0.4 is 9.62 Å². The lowest BCUT2D eigenvalue weighted by atomic mass is 10.1. The molecule has 1 N–H and O–H groups in total. The molecule has 1 aromatic carbocycles. The molecule has 2 fully saturated rings. The maximum atomic E-state index is 13.0. The van der Waals surface area contributed by atoms with Crippen LogP contribution in [0.15, 0.2) is 42.5 Å². The Morgan fingerprint density at radius 1 is 1.10 bits per heavy atom. The van der Waals surface area contributed by atoms with Gasteiger partial charge in [0, 0.05) is 43.3 Å². The molecule has 0 spiro atoms. The van der Waals surface area contributed by atoms with Crippen molar-refractivity contribution in [2.75, 3.05) is 31.1 Å². The number of fused-ring (bicyclic) bond motifs is 1. The van der Waals surface area contributed by atoms with Crippen molar-refractivity contribution in [1.29, 1.82) is 0 Å². The smallest absolute Gasteiger partial charge is 0.354 e. The first-order valence-corrected chi connectivity index (χ1v) is 11.9. The third kappa shape index (κ3) is 5.31. The molecule has 168 valence electrons. The van der Waals surface area contributed by atoms with Gasteiger partial charge in [-0.25, -0.2) is 18.1 Å². The number of nitrogens with zero attached hydrogens (tertiary/aromatic N) is 3. The number of nitrogens with one attached hydrogen (secondary N) is 1. The van der Waals surface area contributed by atoms with E-state index in [0.717, 1.165) is 12.6 Å². The number of sulfonamides is 1. The van der Waals surface area contributed by atoms with E-state index in [9.17, 15) is 21.6 Å². The lowest BCUT2D eigenvalue weighted by Crippen LogP contribution is -2.56. The third-order valence-corrected chi connectivity index (χ3v) is 7.30. The summed E-state index contributed by atoms with van der Waals surface area (Å²) in [4.78, 5) is 7.75. The monoisotopic (exact) mass is 474 g/mol. The zero-order chi connectivity index (χ0) is 22.2. The van der Waals surface area contributed by atoms with Crippen molar-refractivity contribution in [1.82, 2.24) is 14.6 Å². The summed E-state index contributed by atoms with van der Waals surface area (Å²) in [5, 5.41) is 0.533. The minimum atomic E-state index is -4.51. The molecular formula is C20H22ClF3N4O2S. The third-order valence-electron chi connectivity index (χ3n) is 5.68. The molecule has 4 rings (SSSR count). The van der Waals surface area contributed by atoms with Gasteiger partial charge in [-0.15, -0.1) is 0 Å². The summed E-state index contributed by atoms with van der Waals surface area (Å²) in [5.74, 6) is 0.0934. The van der Waals surface area contributed by atoms with Gasteiger partial charge < -0.3 is 4.90 Å². The normalized spacial score (nSPS) is 22.5. The Bertz CT molecular complexity index is 1030. The highest BCUT2D eigenvalue weighted by molar-refractivity contribution is 7.88. The van der Waals surface area contributed by atoms with E-state index < -0.39 is 21.9 Å². The van der Waals surface area contributed by atoms with Crippen LogP contribution in [0.1, 0.15) is 17.7 Å². The minimum Gasteiger partial charge on any atom is -0.354 e. The molecule has 2 saturated heterocycles. The number of rotatable bonds is 5. The van der Waals surface area contributed by atoms with Gasteiger partial charge in [0.05, 0.1) is 5.75 Å². The van der Waals surface area contributed by atoms with Gasteiger partial charge in [0.15, 0.2) is 0 Å². The predicted octanol–water partition coefficient (Wildman–Crippen LogP) is 3.14. The minimum absolute atomic E-state index is 0.134. The highest BCUT2D eigenvalue weighted by atomic mass is 35.5. The fraction of sp³-hybridized carbons (Fsp3) is 0.450. The first-order valence-electron chi connectivity index (χ1n) is 9.88. The van der Waals surface area contributed by atoms with E-state index >= 15 is 0 Å². The molecular weight excluding hydrogens is 453 g/mol. The second-order valence-electron chi connectivity index (χ2n) is 7.83.